The summed E-state index contributed by atoms with van der Waals surface area (Å²) in [5, 5.41) is 8.48. The maximum Gasteiger partial charge on any atom is 0.284 e. The van der Waals surface area contributed by atoms with E-state index in [-0.39, 0.29) is 29.7 Å². The van der Waals surface area contributed by atoms with Gasteiger partial charge in [0.2, 0.25) is 0 Å². The lowest BCUT2D eigenvalue weighted by atomic mass is 10.1. The number of rotatable bonds is 6. The number of nitrogens with zero attached hydrogens (tertiary/aromatic N) is 1. The van der Waals surface area contributed by atoms with E-state index in [4.69, 9.17) is 10.2 Å². The van der Waals surface area contributed by atoms with Crippen LogP contribution in [0.25, 0.3) is 0 Å². The van der Waals surface area contributed by atoms with Crippen molar-refractivity contribution in [3.8, 4) is 0 Å². The number of halogens is 1. The van der Waals surface area contributed by atoms with Gasteiger partial charge >= 0.3 is 0 Å². The summed E-state index contributed by atoms with van der Waals surface area (Å²) >= 11 is 1.75. The van der Waals surface area contributed by atoms with Gasteiger partial charge in [-0.3, -0.25) is 9.79 Å². The van der Waals surface area contributed by atoms with Gasteiger partial charge in [-0.15, -0.1) is 35.3 Å². The molecule has 0 bridgehead atoms. The molecule has 8 heteroatoms. The van der Waals surface area contributed by atoms with Crippen molar-refractivity contribution in [1.29, 1.82) is 0 Å². The van der Waals surface area contributed by atoms with Crippen LogP contribution in [0, 0.1) is 0 Å². The van der Waals surface area contributed by atoms with Crippen LogP contribution in [-0.2, 0) is 6.54 Å². The molecule has 1 amide bonds. The summed E-state index contributed by atoms with van der Waals surface area (Å²) in [5.41, 5.74) is 5.15. The molecular formula is C15H21IN4O2S. The van der Waals surface area contributed by atoms with Crippen molar-refractivity contribution in [3.63, 3.8) is 0 Å². The van der Waals surface area contributed by atoms with Gasteiger partial charge in [0.25, 0.3) is 5.91 Å². The first-order chi connectivity index (χ1) is 10.6. The van der Waals surface area contributed by atoms with Gasteiger partial charge in [0.1, 0.15) is 5.76 Å². The van der Waals surface area contributed by atoms with Gasteiger partial charge in [0.05, 0.1) is 6.54 Å². The molecular weight excluding hydrogens is 427 g/mol. The van der Waals surface area contributed by atoms with Crippen LogP contribution >= 0.6 is 35.3 Å². The monoisotopic (exact) mass is 448 g/mol. The molecule has 1 unspecified atom stereocenters. The Labute approximate surface area is 156 Å². The van der Waals surface area contributed by atoms with E-state index in [1.165, 1.54) is 4.88 Å². The van der Waals surface area contributed by atoms with E-state index in [9.17, 15) is 4.79 Å². The van der Waals surface area contributed by atoms with E-state index in [1.54, 1.807) is 30.5 Å². The molecule has 0 fully saturated rings. The molecule has 0 radical (unpaired) electrons. The first-order valence-electron chi connectivity index (χ1n) is 6.96. The zero-order chi connectivity index (χ0) is 15.9. The molecule has 0 saturated carbocycles. The molecule has 2 rings (SSSR count). The highest BCUT2D eigenvalue weighted by Gasteiger charge is 2.09. The highest BCUT2D eigenvalue weighted by Crippen LogP contribution is 2.19. The van der Waals surface area contributed by atoms with Crippen LogP contribution in [-0.4, -0.2) is 25.5 Å². The molecule has 23 heavy (non-hydrogen) atoms. The summed E-state index contributed by atoms with van der Waals surface area (Å²) in [6.07, 6.45) is 0. The van der Waals surface area contributed by atoms with Gasteiger partial charge in [-0.25, -0.2) is 0 Å². The van der Waals surface area contributed by atoms with Crippen LogP contribution < -0.4 is 16.4 Å². The van der Waals surface area contributed by atoms with Crippen molar-refractivity contribution in [2.75, 3.05) is 13.6 Å². The normalized spacial score (nSPS) is 12.3. The lowest BCUT2D eigenvalue weighted by Gasteiger charge is -2.14. The third-order valence-electron chi connectivity index (χ3n) is 3.16. The molecule has 0 aliphatic rings. The van der Waals surface area contributed by atoms with E-state index >= 15 is 0 Å². The summed E-state index contributed by atoms with van der Waals surface area (Å²) in [6.45, 7) is 3.38. The lowest BCUT2D eigenvalue weighted by molar-refractivity contribution is 0.0972. The molecule has 0 spiro atoms. The second-order valence-electron chi connectivity index (χ2n) is 4.85. The molecule has 0 aromatic carbocycles. The van der Waals surface area contributed by atoms with Gasteiger partial charge in [0.15, 0.2) is 11.7 Å². The van der Waals surface area contributed by atoms with E-state index in [0.717, 1.165) is 6.54 Å². The summed E-state index contributed by atoms with van der Waals surface area (Å²) in [6, 6.07) is 7.46. The topological polar surface area (TPSA) is 92.6 Å². The summed E-state index contributed by atoms with van der Waals surface area (Å²) in [4.78, 5) is 16.5. The Bertz CT molecular complexity index is 640. The first kappa shape index (κ1) is 19.5. The van der Waals surface area contributed by atoms with Gasteiger partial charge in [0, 0.05) is 24.4 Å². The second kappa shape index (κ2) is 9.56. The van der Waals surface area contributed by atoms with Crippen LogP contribution in [0.1, 0.15) is 34.0 Å². The highest BCUT2D eigenvalue weighted by molar-refractivity contribution is 14.0. The van der Waals surface area contributed by atoms with Gasteiger partial charge in [-0.05, 0) is 23.6 Å². The second-order valence-corrected chi connectivity index (χ2v) is 5.83. The fourth-order valence-corrected chi connectivity index (χ4v) is 2.71. The third kappa shape index (κ3) is 5.87. The number of primary amides is 1. The Morgan fingerprint density at radius 3 is 2.74 bits per heavy atom. The van der Waals surface area contributed by atoms with Gasteiger partial charge in [-0.1, -0.05) is 13.0 Å². The zero-order valence-electron chi connectivity index (χ0n) is 13.0. The Kier molecular flexibility index (Phi) is 8.10. The molecule has 6 nitrogen and oxygen atoms in total. The maximum atomic E-state index is 11.0. The molecule has 0 saturated heterocycles. The molecule has 4 N–H and O–H groups in total. The zero-order valence-corrected chi connectivity index (χ0v) is 16.2. The molecule has 2 aromatic heterocycles. The summed E-state index contributed by atoms with van der Waals surface area (Å²) < 4.78 is 5.31. The number of carbonyl (C=O) groups excluding carboxylic acids is 1. The number of thiophene rings is 1. The molecule has 0 aliphatic carbocycles. The molecule has 0 aliphatic heterocycles. The van der Waals surface area contributed by atoms with E-state index in [0.29, 0.717) is 24.2 Å². The number of guanidine groups is 1. The Morgan fingerprint density at radius 1 is 1.39 bits per heavy atom. The first-order valence-corrected chi connectivity index (χ1v) is 7.84. The molecule has 2 aromatic rings. The average molecular weight is 448 g/mol. The molecule has 126 valence electrons. The Hall–Kier alpha value is -1.55. The van der Waals surface area contributed by atoms with Gasteiger partial charge in [-0.2, -0.15) is 0 Å². The van der Waals surface area contributed by atoms with E-state index in [2.05, 4.69) is 40.1 Å². The lowest BCUT2D eigenvalue weighted by Crippen LogP contribution is -2.38. The maximum absolute atomic E-state index is 11.0. The number of nitrogens with two attached hydrogens (primary N) is 1. The summed E-state index contributed by atoms with van der Waals surface area (Å²) in [5.74, 6) is 1.30. The number of aliphatic imine (C=N–C) groups is 1. The van der Waals surface area contributed by atoms with Crippen LogP contribution in [0.4, 0.5) is 0 Å². The fraction of sp³-hybridized carbons (Fsp3) is 0.333. The minimum Gasteiger partial charge on any atom is -0.454 e. The Morgan fingerprint density at radius 2 is 2.17 bits per heavy atom. The third-order valence-corrected chi connectivity index (χ3v) is 4.27. The number of furan rings is 1. The van der Waals surface area contributed by atoms with Crippen molar-refractivity contribution < 1.29 is 9.21 Å². The van der Waals surface area contributed by atoms with Crippen molar-refractivity contribution in [3.05, 3.63) is 46.0 Å². The summed E-state index contributed by atoms with van der Waals surface area (Å²) in [7, 11) is 1.71. The highest BCUT2D eigenvalue weighted by atomic mass is 127. The smallest absolute Gasteiger partial charge is 0.284 e. The largest absolute Gasteiger partial charge is 0.454 e. The minimum absolute atomic E-state index is 0. The predicted molar refractivity (Wildman–Crippen MR) is 104 cm³/mol. The molecule has 2 heterocycles. The van der Waals surface area contributed by atoms with Crippen molar-refractivity contribution >= 4 is 47.2 Å². The van der Waals surface area contributed by atoms with Crippen molar-refractivity contribution in [2.24, 2.45) is 10.7 Å². The van der Waals surface area contributed by atoms with Crippen LogP contribution in [0.15, 0.2) is 39.1 Å². The van der Waals surface area contributed by atoms with Crippen LogP contribution in [0.2, 0.25) is 0 Å². The van der Waals surface area contributed by atoms with Crippen LogP contribution in [0.5, 0.6) is 0 Å². The number of hydrogen-bond donors (Lipinski definition) is 3. The number of amides is 1. The number of carbonyl (C=O) groups is 1. The quantitative estimate of drug-likeness (QED) is 0.360. The Balaban J connectivity index is 0.00000264. The fourth-order valence-electron chi connectivity index (χ4n) is 1.92. The molecule has 1 atom stereocenters. The van der Waals surface area contributed by atoms with Crippen LogP contribution in [0.3, 0.4) is 0 Å². The predicted octanol–water partition coefficient (Wildman–Crippen LogP) is 2.53. The van der Waals surface area contributed by atoms with Crippen molar-refractivity contribution in [2.45, 2.75) is 19.4 Å². The number of nitrogens with one attached hydrogen (secondary N) is 2. The minimum atomic E-state index is -0.571. The van der Waals surface area contributed by atoms with E-state index in [1.807, 2.05) is 0 Å². The standard InChI is InChI=1S/C15H20N4O2S.HI/c1-10(13-4-3-7-22-13)8-18-15(17-2)19-9-11-5-6-12(21-11)14(16)20;/h3-7,10H,8-9H2,1-2H3,(H2,16,20)(H2,17,18,19);1H. The number of hydrogen-bond acceptors (Lipinski definition) is 4. The van der Waals surface area contributed by atoms with Crippen molar-refractivity contribution in [1.82, 2.24) is 10.6 Å². The average Bonchev–Trinajstić information content (AvgIpc) is 3.18. The SMILES string of the molecule is CN=C(NCc1ccc(C(N)=O)o1)NCC(C)c1cccs1.I. The van der Waals surface area contributed by atoms with Gasteiger partial charge < -0.3 is 20.8 Å². The van der Waals surface area contributed by atoms with E-state index < -0.39 is 5.91 Å².